The molecule has 12 nitrogen and oxygen atoms in total. The zero-order valence-corrected chi connectivity index (χ0v) is 50.6. The van der Waals surface area contributed by atoms with Gasteiger partial charge in [0.25, 0.3) is 0 Å². The minimum Gasteiger partial charge on any atom is -0.545 e. The second-order valence-electron chi connectivity index (χ2n) is 27.3. The van der Waals surface area contributed by atoms with Gasteiger partial charge in [0.1, 0.15) is 12.2 Å². The maximum atomic E-state index is 12.6. The van der Waals surface area contributed by atoms with E-state index in [1.165, 1.54) is 13.8 Å². The molecule has 20 atom stereocenters. The van der Waals surface area contributed by atoms with Crippen molar-refractivity contribution in [1.82, 2.24) is 0 Å². The van der Waals surface area contributed by atoms with Gasteiger partial charge in [-0.15, -0.1) is 0 Å². The molecule has 75 heavy (non-hydrogen) atoms. The molecule has 0 spiro atoms. The number of esters is 2. The van der Waals surface area contributed by atoms with E-state index in [4.69, 9.17) is 9.47 Å². The van der Waals surface area contributed by atoms with Crippen molar-refractivity contribution in [2.45, 2.75) is 236 Å². The second-order valence-corrected chi connectivity index (χ2v) is 27.3. The number of aliphatic carboxylic acids is 2. The number of aliphatic hydroxyl groups is 4. The molecule has 416 valence electrons. The summed E-state index contributed by atoms with van der Waals surface area (Å²) in [5.41, 5.74) is 2.88. The van der Waals surface area contributed by atoms with Crippen LogP contribution in [0.3, 0.4) is 0 Å². The second kappa shape index (κ2) is 22.7. The summed E-state index contributed by atoms with van der Waals surface area (Å²) in [5.74, 6) is -2.16. The summed E-state index contributed by atoms with van der Waals surface area (Å²) >= 11 is 0. The Morgan fingerprint density at radius 3 is 1.25 bits per heavy atom. The van der Waals surface area contributed by atoms with Crippen LogP contribution in [0.2, 0.25) is 0 Å². The molecule has 8 aliphatic carbocycles. The molecular formula is C62H95NaO12. The molecule has 0 heterocycles. The number of allylic oxidation sites excluding steroid dienone is 4. The number of carboxylic acid groups (broad SMARTS) is 2. The molecule has 0 aromatic rings. The van der Waals surface area contributed by atoms with Crippen molar-refractivity contribution in [3.63, 3.8) is 0 Å². The summed E-state index contributed by atoms with van der Waals surface area (Å²) in [6.45, 7) is 28.8. The number of fused-ring (bicyclic) bond motifs is 10. The van der Waals surface area contributed by atoms with Crippen LogP contribution in [0.15, 0.2) is 45.6 Å². The van der Waals surface area contributed by atoms with Gasteiger partial charge in [0.05, 0.1) is 30.4 Å². The fourth-order valence-corrected chi connectivity index (χ4v) is 19.6. The molecule has 8 fully saturated rings. The van der Waals surface area contributed by atoms with Crippen LogP contribution in [0.5, 0.6) is 0 Å². The van der Waals surface area contributed by atoms with Crippen molar-refractivity contribution in [2.75, 3.05) is 0 Å². The van der Waals surface area contributed by atoms with Crippen LogP contribution in [-0.2, 0) is 28.7 Å². The van der Waals surface area contributed by atoms with Gasteiger partial charge in [0.2, 0.25) is 0 Å². The summed E-state index contributed by atoms with van der Waals surface area (Å²) in [4.78, 5) is 49.5. The number of aliphatic hydroxyl groups excluding tert-OH is 4. The minimum absolute atomic E-state index is 0. The van der Waals surface area contributed by atoms with Crippen LogP contribution in [0, 0.1) is 79.8 Å². The first-order chi connectivity index (χ1) is 34.3. The number of rotatable bonds is 10. The van der Waals surface area contributed by atoms with Gasteiger partial charge in [-0.25, -0.2) is 4.79 Å². The fourth-order valence-electron chi connectivity index (χ4n) is 19.6. The maximum Gasteiger partial charge on any atom is 1.00 e. The van der Waals surface area contributed by atoms with Gasteiger partial charge in [-0.05, 0) is 227 Å². The standard InChI is InChI=1S/2C31H48O6.Na/c2*1-17(2)9-8-10-20(28(35)36)26-22-15-24(34)27-29(5)13-12-23(33)18(3)21(29)11-14-30(27,6)31(22,7)16-25(26)37-19(4)32;/h2*9,18,21-25,27,33-34H,8,10-16H2,1-7H3,(H,35,36);/q;;+1/p-1/b2*26-20-;/t2*18-,21-,22-,23+,24+,25-,27-,29-,30-,31-;/m00./s1. The van der Waals surface area contributed by atoms with E-state index in [1.54, 1.807) is 0 Å². The van der Waals surface area contributed by atoms with E-state index >= 15 is 0 Å². The van der Waals surface area contributed by atoms with Gasteiger partial charge >= 0.3 is 47.5 Å². The van der Waals surface area contributed by atoms with Crippen molar-refractivity contribution < 1.29 is 88.8 Å². The number of hydrogen-bond acceptors (Lipinski definition) is 11. The van der Waals surface area contributed by atoms with E-state index in [0.717, 1.165) is 68.1 Å². The fraction of sp³-hybridized carbons (Fsp3) is 0.806. The molecule has 0 unspecified atom stereocenters. The Bertz CT molecular complexity index is 2150. The van der Waals surface area contributed by atoms with E-state index in [1.807, 2.05) is 39.8 Å². The number of carbonyl (C=O) groups excluding carboxylic acids is 3. The molecule has 0 aromatic heterocycles. The van der Waals surface area contributed by atoms with Gasteiger partial charge in [0, 0.05) is 19.4 Å². The van der Waals surface area contributed by atoms with E-state index in [9.17, 15) is 49.8 Å². The molecule has 8 aliphatic rings. The van der Waals surface area contributed by atoms with Crippen LogP contribution in [0.1, 0.15) is 200 Å². The molecule has 13 heteroatoms. The Labute approximate surface area is 471 Å². The number of carboxylic acids is 2. The van der Waals surface area contributed by atoms with Crippen LogP contribution in [0.25, 0.3) is 0 Å². The maximum absolute atomic E-state index is 12.6. The molecular weight excluding hydrogens is 960 g/mol. The quantitative estimate of drug-likeness (QED) is 0.0648. The Morgan fingerprint density at radius 1 is 0.560 bits per heavy atom. The average Bonchev–Trinajstić information content (AvgIpc) is 3.72. The summed E-state index contributed by atoms with van der Waals surface area (Å²) in [6, 6.07) is 0. The van der Waals surface area contributed by atoms with E-state index in [2.05, 4.69) is 55.4 Å². The molecule has 5 N–H and O–H groups in total. The molecule has 0 amide bonds. The first kappa shape index (κ1) is 61.9. The third-order valence-electron chi connectivity index (χ3n) is 23.1. The molecule has 0 saturated heterocycles. The topological polar surface area (TPSA) is 211 Å². The van der Waals surface area contributed by atoms with Gasteiger partial charge in [-0.3, -0.25) is 9.59 Å². The Hall–Kier alpha value is -2.32. The number of ether oxygens (including phenoxy) is 2. The Kier molecular flexibility index (Phi) is 18.7. The van der Waals surface area contributed by atoms with Crippen molar-refractivity contribution in [3.05, 3.63) is 45.6 Å². The molecule has 0 aliphatic heterocycles. The van der Waals surface area contributed by atoms with E-state index in [-0.39, 0.29) is 115 Å². The third kappa shape index (κ3) is 10.5. The zero-order chi connectivity index (χ0) is 55.0. The molecule has 8 saturated carbocycles. The van der Waals surface area contributed by atoms with Crippen LogP contribution in [0.4, 0.5) is 0 Å². The largest absolute Gasteiger partial charge is 1.00 e. The first-order valence-electron chi connectivity index (χ1n) is 28.6. The van der Waals surface area contributed by atoms with Gasteiger partial charge < -0.3 is 44.9 Å². The van der Waals surface area contributed by atoms with Crippen LogP contribution in [-0.4, -0.2) is 86.0 Å². The normalized spacial score (nSPS) is 45.6. The number of carbonyl (C=O) groups is 4. The van der Waals surface area contributed by atoms with Crippen LogP contribution >= 0.6 is 0 Å². The van der Waals surface area contributed by atoms with Crippen molar-refractivity contribution in [3.8, 4) is 0 Å². The van der Waals surface area contributed by atoms with Crippen molar-refractivity contribution >= 4 is 23.9 Å². The van der Waals surface area contributed by atoms with Gasteiger partial charge in [0.15, 0.2) is 0 Å². The Morgan fingerprint density at radius 2 is 0.920 bits per heavy atom. The minimum atomic E-state index is -1.20. The Balaban J connectivity index is 0.000000241. The molecule has 0 bridgehead atoms. The molecule has 0 radical (unpaired) electrons. The van der Waals surface area contributed by atoms with Crippen molar-refractivity contribution in [2.24, 2.45) is 79.8 Å². The summed E-state index contributed by atoms with van der Waals surface area (Å²) in [5, 5.41) is 67.9. The number of hydrogen-bond donors (Lipinski definition) is 5. The summed E-state index contributed by atoms with van der Waals surface area (Å²) in [6.07, 6.45) is 12.1. The first-order valence-corrected chi connectivity index (χ1v) is 28.6. The van der Waals surface area contributed by atoms with Gasteiger partial charge in [-0.2, -0.15) is 0 Å². The third-order valence-corrected chi connectivity index (χ3v) is 23.1. The smallest absolute Gasteiger partial charge is 0.545 e. The zero-order valence-electron chi connectivity index (χ0n) is 48.6. The van der Waals surface area contributed by atoms with E-state index in [0.29, 0.717) is 74.3 Å². The van der Waals surface area contributed by atoms with Crippen molar-refractivity contribution in [1.29, 1.82) is 0 Å². The van der Waals surface area contributed by atoms with Crippen LogP contribution < -0.4 is 34.7 Å². The monoisotopic (exact) mass is 1050 g/mol. The van der Waals surface area contributed by atoms with Gasteiger partial charge in [-0.1, -0.05) is 78.7 Å². The predicted molar refractivity (Wildman–Crippen MR) is 282 cm³/mol. The average molecular weight is 1060 g/mol. The molecule has 8 rings (SSSR count). The summed E-state index contributed by atoms with van der Waals surface area (Å²) in [7, 11) is 0. The van der Waals surface area contributed by atoms with E-state index < -0.39 is 48.3 Å². The summed E-state index contributed by atoms with van der Waals surface area (Å²) < 4.78 is 11.7. The predicted octanol–water partition coefficient (Wildman–Crippen LogP) is 7.00. The SMILES string of the molecule is CC(=O)O[C@H]1C[C@@]2(C)[C@@H](C[C@@H](O)[C@H]3[C@@]4(C)CC[C@@H](O)[C@@H](C)[C@@H]4CC[C@@]32C)/C1=C(\CCC=C(C)C)C(=O)O.CC(=O)O[C@H]1C[C@@]2(C)[C@@H](C[C@@H](O)[C@H]3[C@@]4(C)CC[C@@H](O)[C@@H](C)[C@@H]4CC[C@@]32C)/C1=C(\CCC=C(C)C)C(=O)[O-].[Na+]. The molecule has 0 aromatic carbocycles.